The van der Waals surface area contributed by atoms with Gasteiger partial charge in [0, 0.05) is 13.1 Å². The van der Waals surface area contributed by atoms with Gasteiger partial charge in [0.1, 0.15) is 24.2 Å². The summed E-state index contributed by atoms with van der Waals surface area (Å²) in [5.74, 6) is 0.596. The number of rotatable bonds is 9. The fourth-order valence-corrected chi connectivity index (χ4v) is 4.31. The molecule has 35 heavy (non-hydrogen) atoms. The Labute approximate surface area is 204 Å². The number of benzene rings is 3. The van der Waals surface area contributed by atoms with Crippen LogP contribution >= 0.6 is 0 Å². The summed E-state index contributed by atoms with van der Waals surface area (Å²) in [6.07, 6.45) is 0.368. The van der Waals surface area contributed by atoms with Crippen LogP contribution in [0.1, 0.15) is 27.9 Å². The van der Waals surface area contributed by atoms with Gasteiger partial charge >= 0.3 is 5.97 Å². The molecule has 1 saturated heterocycles. The second-order valence-corrected chi connectivity index (χ2v) is 9.83. The number of amides is 1. The number of likely N-dealkylation sites (tertiary alicyclic amines) is 1. The summed E-state index contributed by atoms with van der Waals surface area (Å²) in [5, 5.41) is 0. The van der Waals surface area contributed by atoms with Crippen molar-refractivity contribution in [2.24, 2.45) is 0 Å². The highest BCUT2D eigenvalue weighted by Crippen LogP contribution is 2.24. The SMILES string of the molecule is CS(=O)(=O)OC1CC(=O)N(Cc2ccc(Oc3ccc(C(=O)OCc4ccccc4)cc3)cc2)C1. The first kappa shape index (κ1) is 24.4. The first-order valence-electron chi connectivity index (χ1n) is 11.0. The third kappa shape index (κ3) is 7.14. The van der Waals surface area contributed by atoms with E-state index in [-0.39, 0.29) is 25.5 Å². The van der Waals surface area contributed by atoms with Crippen molar-refractivity contribution in [2.45, 2.75) is 25.7 Å². The molecule has 4 rings (SSSR count). The number of ether oxygens (including phenoxy) is 2. The predicted molar refractivity (Wildman–Crippen MR) is 128 cm³/mol. The van der Waals surface area contributed by atoms with E-state index < -0.39 is 22.2 Å². The molecule has 0 spiro atoms. The van der Waals surface area contributed by atoms with Crippen molar-refractivity contribution < 1.29 is 31.7 Å². The number of esters is 1. The zero-order valence-electron chi connectivity index (χ0n) is 19.1. The fourth-order valence-electron chi connectivity index (χ4n) is 3.69. The summed E-state index contributed by atoms with van der Waals surface area (Å²) >= 11 is 0. The average Bonchev–Trinajstić information content (AvgIpc) is 3.16. The van der Waals surface area contributed by atoms with Crippen LogP contribution in [-0.2, 0) is 37.0 Å². The van der Waals surface area contributed by atoms with Crippen LogP contribution in [0, 0.1) is 0 Å². The van der Waals surface area contributed by atoms with Gasteiger partial charge in [0.25, 0.3) is 10.1 Å². The van der Waals surface area contributed by atoms with Crippen LogP contribution in [0.3, 0.4) is 0 Å². The maximum Gasteiger partial charge on any atom is 0.338 e. The van der Waals surface area contributed by atoms with Crippen LogP contribution in [-0.4, -0.2) is 44.1 Å². The summed E-state index contributed by atoms with van der Waals surface area (Å²) in [4.78, 5) is 26.0. The van der Waals surface area contributed by atoms with Gasteiger partial charge in [-0.3, -0.25) is 8.98 Å². The molecule has 0 aliphatic carbocycles. The third-order valence-electron chi connectivity index (χ3n) is 5.33. The molecule has 0 radical (unpaired) electrons. The minimum atomic E-state index is -3.61. The lowest BCUT2D eigenvalue weighted by atomic mass is 10.2. The Morgan fingerprint density at radius 2 is 1.54 bits per heavy atom. The Hall–Kier alpha value is -3.69. The lowest BCUT2D eigenvalue weighted by molar-refractivity contribution is -0.128. The standard InChI is InChI=1S/C26H25NO7S/c1-35(30,31)34-24-15-25(28)27(17-24)16-19-7-11-22(12-8-19)33-23-13-9-21(10-14-23)26(29)32-18-20-5-3-2-4-6-20/h2-14,24H,15-18H2,1H3. The van der Waals surface area contributed by atoms with E-state index in [0.29, 0.717) is 23.6 Å². The molecule has 0 N–H and O–H groups in total. The Morgan fingerprint density at radius 3 is 2.17 bits per heavy atom. The first-order valence-corrected chi connectivity index (χ1v) is 12.8. The van der Waals surface area contributed by atoms with Gasteiger partial charge in [0.2, 0.25) is 5.91 Å². The van der Waals surface area contributed by atoms with Crippen molar-refractivity contribution in [3.05, 3.63) is 95.6 Å². The van der Waals surface area contributed by atoms with Gasteiger partial charge in [-0.15, -0.1) is 0 Å². The van der Waals surface area contributed by atoms with Gasteiger partial charge in [0.05, 0.1) is 18.2 Å². The second kappa shape index (κ2) is 10.7. The lowest BCUT2D eigenvalue weighted by Crippen LogP contribution is -2.26. The summed E-state index contributed by atoms with van der Waals surface area (Å²) < 4.78 is 38.7. The van der Waals surface area contributed by atoms with Crippen molar-refractivity contribution in [1.82, 2.24) is 4.90 Å². The molecule has 8 nitrogen and oxygen atoms in total. The van der Waals surface area contributed by atoms with Crippen LogP contribution in [0.5, 0.6) is 11.5 Å². The molecule has 1 heterocycles. The van der Waals surface area contributed by atoms with Gasteiger partial charge in [-0.2, -0.15) is 8.42 Å². The largest absolute Gasteiger partial charge is 0.457 e. The zero-order valence-corrected chi connectivity index (χ0v) is 19.9. The molecule has 1 amide bonds. The van der Waals surface area contributed by atoms with Crippen LogP contribution < -0.4 is 4.74 Å². The molecule has 1 fully saturated rings. The van der Waals surface area contributed by atoms with Gasteiger partial charge in [-0.1, -0.05) is 42.5 Å². The summed E-state index contributed by atoms with van der Waals surface area (Å²) in [6, 6.07) is 23.4. The molecule has 0 bridgehead atoms. The van der Waals surface area contributed by atoms with Gasteiger partial charge in [0.15, 0.2) is 0 Å². The van der Waals surface area contributed by atoms with E-state index in [0.717, 1.165) is 17.4 Å². The Kier molecular flexibility index (Phi) is 7.48. The van der Waals surface area contributed by atoms with Crippen molar-refractivity contribution >= 4 is 22.0 Å². The topological polar surface area (TPSA) is 99.2 Å². The monoisotopic (exact) mass is 495 g/mol. The molecule has 3 aromatic rings. The van der Waals surface area contributed by atoms with E-state index >= 15 is 0 Å². The van der Waals surface area contributed by atoms with Gasteiger partial charge in [-0.25, -0.2) is 4.79 Å². The average molecular weight is 496 g/mol. The van der Waals surface area contributed by atoms with Crippen molar-refractivity contribution in [3.63, 3.8) is 0 Å². The molecule has 1 atom stereocenters. The highest BCUT2D eigenvalue weighted by Gasteiger charge is 2.32. The van der Waals surface area contributed by atoms with E-state index in [1.165, 1.54) is 0 Å². The lowest BCUT2D eigenvalue weighted by Gasteiger charge is -2.16. The maximum atomic E-state index is 12.3. The molecular formula is C26H25NO7S. The van der Waals surface area contributed by atoms with Crippen LogP contribution in [0.2, 0.25) is 0 Å². The highest BCUT2D eigenvalue weighted by molar-refractivity contribution is 7.86. The maximum absolute atomic E-state index is 12.3. The van der Waals surface area contributed by atoms with Gasteiger partial charge in [-0.05, 0) is 47.5 Å². The molecular weight excluding hydrogens is 470 g/mol. The number of hydrogen-bond acceptors (Lipinski definition) is 7. The number of carbonyl (C=O) groups excluding carboxylic acids is 2. The molecule has 1 aliphatic rings. The van der Waals surface area contributed by atoms with Crippen molar-refractivity contribution in [2.75, 3.05) is 12.8 Å². The Bertz CT molecular complexity index is 1270. The van der Waals surface area contributed by atoms with Crippen LogP contribution in [0.4, 0.5) is 0 Å². The number of carbonyl (C=O) groups is 2. The number of nitrogens with zero attached hydrogens (tertiary/aromatic N) is 1. The fraction of sp³-hybridized carbons (Fsp3) is 0.231. The van der Waals surface area contributed by atoms with E-state index in [4.69, 9.17) is 13.7 Å². The Morgan fingerprint density at radius 1 is 0.914 bits per heavy atom. The zero-order chi connectivity index (χ0) is 24.8. The summed E-state index contributed by atoms with van der Waals surface area (Å²) in [7, 11) is -3.61. The summed E-state index contributed by atoms with van der Waals surface area (Å²) in [5.41, 5.74) is 2.22. The third-order valence-corrected chi connectivity index (χ3v) is 5.95. The molecule has 1 unspecified atom stereocenters. The Balaban J connectivity index is 1.28. The molecule has 0 aromatic heterocycles. The summed E-state index contributed by atoms with van der Waals surface area (Å²) in [6.45, 7) is 0.783. The quantitative estimate of drug-likeness (QED) is 0.328. The second-order valence-electron chi connectivity index (χ2n) is 8.23. The predicted octanol–water partition coefficient (Wildman–Crippen LogP) is 3.91. The van der Waals surface area contributed by atoms with Crippen LogP contribution in [0.15, 0.2) is 78.9 Å². The van der Waals surface area contributed by atoms with E-state index in [1.807, 2.05) is 42.5 Å². The van der Waals surface area contributed by atoms with Crippen molar-refractivity contribution in [1.29, 1.82) is 0 Å². The molecule has 1 aliphatic heterocycles. The van der Waals surface area contributed by atoms with Crippen molar-refractivity contribution in [3.8, 4) is 11.5 Å². The molecule has 182 valence electrons. The molecule has 0 saturated carbocycles. The highest BCUT2D eigenvalue weighted by atomic mass is 32.2. The molecule has 9 heteroatoms. The molecule has 3 aromatic carbocycles. The number of hydrogen-bond donors (Lipinski definition) is 0. The van der Waals surface area contributed by atoms with E-state index in [1.54, 1.807) is 41.3 Å². The first-order chi connectivity index (χ1) is 16.7. The minimum Gasteiger partial charge on any atom is -0.457 e. The van der Waals surface area contributed by atoms with Gasteiger partial charge < -0.3 is 14.4 Å². The smallest absolute Gasteiger partial charge is 0.338 e. The van der Waals surface area contributed by atoms with E-state index in [9.17, 15) is 18.0 Å². The minimum absolute atomic E-state index is 0.0457. The normalized spacial score (nSPS) is 15.7. The van der Waals surface area contributed by atoms with Crippen LogP contribution in [0.25, 0.3) is 0 Å². The van der Waals surface area contributed by atoms with E-state index in [2.05, 4.69) is 0 Å².